The first-order valence-electron chi connectivity index (χ1n) is 9.85. The molecule has 0 bridgehead atoms. The summed E-state index contributed by atoms with van der Waals surface area (Å²) in [7, 11) is -3.43. The van der Waals surface area contributed by atoms with Crippen molar-refractivity contribution < 1.29 is 21.9 Å². The van der Waals surface area contributed by atoms with Crippen molar-refractivity contribution in [3.8, 4) is 11.4 Å². The number of aromatic nitrogens is 2. The standard InChI is InChI=1S/C20H25F2N3O3S/c1-14-11-23-25(12-14)16-2-4-17(5-3-16)28-13-15-10-20(21,22)9-8-19(15)24-29(26,27)18-6-7-18/h2-5,11-12,15,18-19,24H,6-10,13H2,1H3/t15-,19+/m1/s1. The van der Waals surface area contributed by atoms with Gasteiger partial charge in [-0.05, 0) is 56.0 Å². The van der Waals surface area contributed by atoms with Gasteiger partial charge in [-0.1, -0.05) is 0 Å². The van der Waals surface area contributed by atoms with Crippen LogP contribution in [0.3, 0.4) is 0 Å². The van der Waals surface area contributed by atoms with Gasteiger partial charge in [0.05, 0.1) is 23.7 Å². The molecule has 0 amide bonds. The topological polar surface area (TPSA) is 73.2 Å². The number of halogens is 2. The average Bonchev–Trinajstić information content (AvgIpc) is 3.45. The highest BCUT2D eigenvalue weighted by Gasteiger charge is 2.45. The van der Waals surface area contributed by atoms with Gasteiger partial charge in [-0.15, -0.1) is 0 Å². The van der Waals surface area contributed by atoms with Crippen LogP contribution in [0.15, 0.2) is 36.7 Å². The molecule has 29 heavy (non-hydrogen) atoms. The number of sulfonamides is 1. The van der Waals surface area contributed by atoms with E-state index in [-0.39, 0.29) is 31.1 Å². The molecule has 9 heteroatoms. The highest BCUT2D eigenvalue weighted by atomic mass is 32.2. The van der Waals surface area contributed by atoms with E-state index in [1.54, 1.807) is 23.0 Å². The molecular weight excluding hydrogens is 400 g/mol. The molecule has 0 saturated heterocycles. The zero-order valence-electron chi connectivity index (χ0n) is 16.2. The smallest absolute Gasteiger partial charge is 0.248 e. The summed E-state index contributed by atoms with van der Waals surface area (Å²) in [5.41, 5.74) is 1.91. The fourth-order valence-electron chi connectivity index (χ4n) is 3.70. The summed E-state index contributed by atoms with van der Waals surface area (Å²) in [5, 5.41) is 3.87. The summed E-state index contributed by atoms with van der Waals surface area (Å²) in [6, 6.07) is 6.68. The lowest BCUT2D eigenvalue weighted by atomic mass is 9.83. The van der Waals surface area contributed by atoms with Crippen LogP contribution in [0.25, 0.3) is 5.69 Å². The van der Waals surface area contributed by atoms with Crippen molar-refractivity contribution in [3.05, 3.63) is 42.2 Å². The second-order valence-corrected chi connectivity index (χ2v) is 10.1. The highest BCUT2D eigenvalue weighted by Crippen LogP contribution is 2.38. The van der Waals surface area contributed by atoms with Crippen LogP contribution in [0.4, 0.5) is 8.78 Å². The number of hydrogen-bond donors (Lipinski definition) is 1. The summed E-state index contributed by atoms with van der Waals surface area (Å²) >= 11 is 0. The zero-order valence-corrected chi connectivity index (χ0v) is 17.0. The summed E-state index contributed by atoms with van der Waals surface area (Å²) in [6.07, 6.45) is 4.37. The molecule has 4 rings (SSSR count). The number of rotatable bonds is 7. The third-order valence-electron chi connectivity index (χ3n) is 5.51. The molecule has 2 aromatic rings. The molecule has 1 heterocycles. The molecule has 6 nitrogen and oxygen atoms in total. The van der Waals surface area contributed by atoms with Crippen molar-refractivity contribution in [2.24, 2.45) is 5.92 Å². The van der Waals surface area contributed by atoms with Crippen molar-refractivity contribution in [1.82, 2.24) is 14.5 Å². The van der Waals surface area contributed by atoms with Gasteiger partial charge in [0, 0.05) is 31.0 Å². The Morgan fingerprint density at radius 2 is 1.97 bits per heavy atom. The van der Waals surface area contributed by atoms with Crippen LogP contribution < -0.4 is 9.46 Å². The Bertz CT molecular complexity index is 956. The zero-order chi connectivity index (χ0) is 20.6. The first kappa shape index (κ1) is 20.3. The maximum atomic E-state index is 14.0. The van der Waals surface area contributed by atoms with Gasteiger partial charge in [-0.2, -0.15) is 5.10 Å². The molecule has 0 spiro atoms. The normalized spacial score (nSPS) is 24.4. The number of alkyl halides is 2. The van der Waals surface area contributed by atoms with E-state index < -0.39 is 27.9 Å². The minimum atomic E-state index is -3.43. The minimum Gasteiger partial charge on any atom is -0.493 e. The van der Waals surface area contributed by atoms with E-state index in [0.29, 0.717) is 18.6 Å². The molecule has 2 atom stereocenters. The molecule has 2 fully saturated rings. The molecule has 0 unspecified atom stereocenters. The van der Waals surface area contributed by atoms with E-state index in [4.69, 9.17) is 4.74 Å². The van der Waals surface area contributed by atoms with Crippen molar-refractivity contribution in [1.29, 1.82) is 0 Å². The van der Waals surface area contributed by atoms with Gasteiger partial charge < -0.3 is 4.74 Å². The van der Waals surface area contributed by atoms with Gasteiger partial charge >= 0.3 is 0 Å². The molecule has 1 N–H and O–H groups in total. The molecule has 2 aliphatic carbocycles. The van der Waals surface area contributed by atoms with Crippen LogP contribution in [-0.4, -0.2) is 42.0 Å². The Hall–Kier alpha value is -2.00. The van der Waals surface area contributed by atoms with Gasteiger partial charge in [0.2, 0.25) is 15.9 Å². The van der Waals surface area contributed by atoms with E-state index in [1.807, 2.05) is 25.3 Å². The third-order valence-corrected chi connectivity index (χ3v) is 7.49. The molecular formula is C20H25F2N3O3S. The van der Waals surface area contributed by atoms with Crippen molar-refractivity contribution in [3.63, 3.8) is 0 Å². The molecule has 158 valence electrons. The first-order chi connectivity index (χ1) is 13.7. The van der Waals surface area contributed by atoms with E-state index >= 15 is 0 Å². The number of nitrogens with one attached hydrogen (secondary N) is 1. The molecule has 0 radical (unpaired) electrons. The lowest BCUT2D eigenvalue weighted by Crippen LogP contribution is -2.49. The summed E-state index contributed by atoms with van der Waals surface area (Å²) < 4.78 is 62.6. The fourth-order valence-corrected chi connectivity index (χ4v) is 5.38. The summed E-state index contributed by atoms with van der Waals surface area (Å²) in [5.74, 6) is -2.83. The Labute approximate surface area is 169 Å². The van der Waals surface area contributed by atoms with Crippen LogP contribution in [0.1, 0.15) is 37.7 Å². The Morgan fingerprint density at radius 3 is 2.59 bits per heavy atom. The Morgan fingerprint density at radius 1 is 1.24 bits per heavy atom. The van der Waals surface area contributed by atoms with Gasteiger partial charge in [0.1, 0.15) is 5.75 Å². The van der Waals surface area contributed by atoms with Crippen molar-refractivity contribution in [2.45, 2.75) is 56.2 Å². The van der Waals surface area contributed by atoms with Gasteiger partial charge in [0.25, 0.3) is 0 Å². The number of ether oxygens (including phenoxy) is 1. The SMILES string of the molecule is Cc1cnn(-c2ccc(OC[C@H]3CC(F)(F)CC[C@@H]3NS(=O)(=O)C3CC3)cc2)c1. The maximum absolute atomic E-state index is 14.0. The van der Waals surface area contributed by atoms with Crippen molar-refractivity contribution in [2.75, 3.05) is 6.61 Å². The monoisotopic (exact) mass is 425 g/mol. The second-order valence-electron chi connectivity index (χ2n) is 8.09. The van der Waals surface area contributed by atoms with E-state index in [0.717, 1.165) is 11.3 Å². The molecule has 1 aromatic heterocycles. The third kappa shape index (κ3) is 4.95. The maximum Gasteiger partial charge on any atom is 0.248 e. The highest BCUT2D eigenvalue weighted by molar-refractivity contribution is 7.90. The minimum absolute atomic E-state index is 0.0354. The predicted molar refractivity (Wildman–Crippen MR) is 105 cm³/mol. The van der Waals surface area contributed by atoms with Gasteiger partial charge in [-0.3, -0.25) is 0 Å². The van der Waals surface area contributed by atoms with Crippen LogP contribution in [0, 0.1) is 12.8 Å². The van der Waals surface area contributed by atoms with Crippen LogP contribution in [0.5, 0.6) is 5.75 Å². The first-order valence-corrected chi connectivity index (χ1v) is 11.4. The largest absolute Gasteiger partial charge is 0.493 e. The van der Waals surface area contributed by atoms with Crippen LogP contribution in [-0.2, 0) is 10.0 Å². The Balaban J connectivity index is 1.41. The lowest BCUT2D eigenvalue weighted by Gasteiger charge is -2.36. The summed E-state index contributed by atoms with van der Waals surface area (Å²) in [4.78, 5) is 0. The fraction of sp³-hybridized carbons (Fsp3) is 0.550. The Kier molecular flexibility index (Phi) is 5.37. The van der Waals surface area contributed by atoms with Gasteiger partial charge in [0.15, 0.2) is 0 Å². The second kappa shape index (κ2) is 7.68. The number of aryl methyl sites for hydroxylation is 1. The number of hydrogen-bond acceptors (Lipinski definition) is 4. The molecule has 2 saturated carbocycles. The van der Waals surface area contributed by atoms with E-state index in [2.05, 4.69) is 9.82 Å². The lowest BCUT2D eigenvalue weighted by molar-refractivity contribution is -0.0661. The van der Waals surface area contributed by atoms with E-state index in [1.165, 1.54) is 0 Å². The number of benzene rings is 1. The average molecular weight is 426 g/mol. The molecule has 1 aromatic carbocycles. The molecule has 2 aliphatic rings. The van der Waals surface area contributed by atoms with Gasteiger partial charge in [-0.25, -0.2) is 26.6 Å². The molecule has 0 aliphatic heterocycles. The number of nitrogens with zero attached hydrogens (tertiary/aromatic N) is 2. The van der Waals surface area contributed by atoms with Crippen LogP contribution >= 0.6 is 0 Å². The summed E-state index contributed by atoms with van der Waals surface area (Å²) in [6.45, 7) is 1.99. The van der Waals surface area contributed by atoms with Crippen LogP contribution in [0.2, 0.25) is 0 Å². The van der Waals surface area contributed by atoms with Crippen molar-refractivity contribution >= 4 is 10.0 Å². The quantitative estimate of drug-likeness (QED) is 0.738. The predicted octanol–water partition coefficient (Wildman–Crippen LogP) is 3.45. The van der Waals surface area contributed by atoms with E-state index in [9.17, 15) is 17.2 Å².